The summed E-state index contributed by atoms with van der Waals surface area (Å²) in [7, 11) is 0. The van der Waals surface area contributed by atoms with Gasteiger partial charge in [0.2, 0.25) is 0 Å². The Morgan fingerprint density at radius 1 is 0.971 bits per heavy atom. The molecule has 35 heavy (non-hydrogen) atoms. The zero-order chi connectivity index (χ0) is 24.5. The monoisotopic (exact) mass is 506 g/mol. The smallest absolute Gasteiger partial charge is 0.0842 e. The number of piperidine rings is 1. The molecule has 4 aliphatic carbocycles. The highest BCUT2D eigenvalue weighted by atomic mass is 35.5. The van der Waals surface area contributed by atoms with E-state index in [1.54, 1.807) is 0 Å². The Hall–Kier alpha value is -1.42. The fourth-order valence-corrected chi connectivity index (χ4v) is 9.46. The number of hydrogen-bond acceptors (Lipinski definition) is 2. The van der Waals surface area contributed by atoms with Crippen LogP contribution < -0.4 is 5.73 Å². The Kier molecular flexibility index (Phi) is 5.68. The molecule has 2 nitrogen and oxygen atoms in total. The lowest BCUT2D eigenvalue weighted by Crippen LogP contribution is -2.68. The van der Waals surface area contributed by atoms with Crippen LogP contribution in [0.25, 0.3) is 0 Å². The Labute approximate surface area is 221 Å². The van der Waals surface area contributed by atoms with Crippen LogP contribution in [-0.4, -0.2) is 33.9 Å². The number of likely N-dealkylation sites (tertiary alicyclic amines) is 1. The van der Waals surface area contributed by atoms with Crippen molar-refractivity contribution in [1.29, 1.82) is 0 Å². The zero-order valence-electron chi connectivity index (χ0n) is 21.2. The minimum atomic E-state index is -0.178. The van der Waals surface area contributed by atoms with Crippen LogP contribution in [0.5, 0.6) is 0 Å². The minimum Gasteiger partial charge on any atom is -0.365 e. The molecule has 2 aromatic rings. The molecule has 4 heteroatoms. The summed E-state index contributed by atoms with van der Waals surface area (Å²) < 4.78 is 0. The summed E-state index contributed by atoms with van der Waals surface area (Å²) in [4.78, 5) is 3.57. The first-order valence-corrected chi connectivity index (χ1v) is 14.3. The largest absolute Gasteiger partial charge is 0.365 e. The van der Waals surface area contributed by atoms with Crippen molar-refractivity contribution in [2.45, 2.75) is 75.1 Å². The predicted octanol–water partition coefficient (Wildman–Crippen LogP) is 6.74. The normalized spacial score (nSPS) is 39.5. The van der Waals surface area contributed by atoms with Gasteiger partial charge in [0, 0.05) is 24.5 Å². The molecule has 3 atom stereocenters. The maximum atomic E-state index is 7.76. The lowest BCUT2D eigenvalue weighted by Gasteiger charge is -2.68. The maximum absolute atomic E-state index is 7.76. The number of nitrogens with two attached hydrogens (primary N) is 1. The number of rotatable bonds is 4. The molecule has 1 saturated heterocycles. The SMILES string of the molecule is CC1(C)CN(C(=S)C23CC4CC(c5ccccc5)(CC(C2)C4(Cl)Cc2ccccc2)C3)CC[C@@H]1N. The van der Waals surface area contributed by atoms with E-state index >= 15 is 0 Å². The van der Waals surface area contributed by atoms with Crippen LogP contribution in [0, 0.1) is 22.7 Å². The molecule has 186 valence electrons. The number of alkyl halides is 1. The molecule has 5 fully saturated rings. The van der Waals surface area contributed by atoms with Crippen LogP contribution in [0.2, 0.25) is 0 Å². The van der Waals surface area contributed by atoms with E-state index in [4.69, 9.17) is 29.6 Å². The highest BCUT2D eigenvalue weighted by Gasteiger charge is 2.68. The van der Waals surface area contributed by atoms with Crippen molar-refractivity contribution in [1.82, 2.24) is 4.90 Å². The molecule has 4 saturated carbocycles. The molecule has 0 amide bonds. The van der Waals surface area contributed by atoms with E-state index in [-0.39, 0.29) is 27.2 Å². The molecular weight excluding hydrogens is 468 g/mol. The maximum Gasteiger partial charge on any atom is 0.0842 e. The molecule has 0 radical (unpaired) electrons. The molecule has 2 aromatic carbocycles. The molecule has 7 rings (SSSR count). The van der Waals surface area contributed by atoms with Gasteiger partial charge in [-0.15, -0.1) is 11.6 Å². The van der Waals surface area contributed by atoms with Gasteiger partial charge in [-0.25, -0.2) is 0 Å². The average molecular weight is 507 g/mol. The minimum absolute atomic E-state index is 0.0730. The molecule has 1 aliphatic heterocycles. The second kappa shape index (κ2) is 8.30. The van der Waals surface area contributed by atoms with Crippen LogP contribution in [0.3, 0.4) is 0 Å². The lowest BCUT2D eigenvalue weighted by molar-refractivity contribution is -0.0714. The highest BCUT2D eigenvalue weighted by molar-refractivity contribution is 7.80. The average Bonchev–Trinajstić information content (AvgIpc) is 2.85. The van der Waals surface area contributed by atoms with Crippen molar-refractivity contribution < 1.29 is 0 Å². The third-order valence-corrected chi connectivity index (χ3v) is 11.8. The second-order valence-electron chi connectivity index (χ2n) is 13.0. The Balaban J connectivity index is 1.37. The van der Waals surface area contributed by atoms with Gasteiger partial charge in [0.05, 0.1) is 9.86 Å². The van der Waals surface area contributed by atoms with Crippen LogP contribution in [0.1, 0.15) is 63.5 Å². The molecule has 2 unspecified atom stereocenters. The number of halogens is 1. The summed E-state index contributed by atoms with van der Waals surface area (Å²) in [5, 5.41) is 0. The van der Waals surface area contributed by atoms with Crippen molar-refractivity contribution in [2.75, 3.05) is 13.1 Å². The summed E-state index contributed by atoms with van der Waals surface area (Å²) in [5.41, 5.74) is 9.72. The van der Waals surface area contributed by atoms with Crippen molar-refractivity contribution in [3.8, 4) is 0 Å². The highest BCUT2D eigenvalue weighted by Crippen LogP contribution is 2.71. The number of nitrogens with zero attached hydrogens (tertiary/aromatic N) is 1. The Morgan fingerprint density at radius 3 is 2.17 bits per heavy atom. The van der Waals surface area contributed by atoms with Crippen molar-refractivity contribution >= 4 is 28.8 Å². The van der Waals surface area contributed by atoms with E-state index in [1.165, 1.54) is 35.4 Å². The molecule has 0 spiro atoms. The van der Waals surface area contributed by atoms with Gasteiger partial charge in [0.1, 0.15) is 0 Å². The molecular formula is C31H39ClN2S. The first-order chi connectivity index (χ1) is 16.7. The number of thiocarbonyl (C=S) groups is 1. The molecule has 5 aliphatic rings. The van der Waals surface area contributed by atoms with E-state index in [9.17, 15) is 0 Å². The van der Waals surface area contributed by atoms with Gasteiger partial charge >= 0.3 is 0 Å². The van der Waals surface area contributed by atoms with E-state index in [2.05, 4.69) is 79.4 Å². The quantitative estimate of drug-likeness (QED) is 0.367. The van der Waals surface area contributed by atoms with E-state index in [1.807, 2.05) is 0 Å². The Bertz CT molecular complexity index is 1080. The van der Waals surface area contributed by atoms with Gasteiger partial charge in [-0.2, -0.15) is 0 Å². The Morgan fingerprint density at radius 2 is 1.57 bits per heavy atom. The summed E-state index contributed by atoms with van der Waals surface area (Å²) in [6.45, 7) is 6.58. The van der Waals surface area contributed by atoms with Crippen molar-refractivity contribution in [3.63, 3.8) is 0 Å². The summed E-state index contributed by atoms with van der Waals surface area (Å²) in [5.74, 6) is 0.952. The predicted molar refractivity (Wildman–Crippen MR) is 150 cm³/mol. The number of hydrogen-bond donors (Lipinski definition) is 1. The number of benzene rings is 2. The molecule has 4 bridgehead atoms. The summed E-state index contributed by atoms with van der Waals surface area (Å²) in [6, 6.07) is 22.4. The van der Waals surface area contributed by atoms with E-state index in [0.717, 1.165) is 38.8 Å². The molecule has 0 aromatic heterocycles. The zero-order valence-corrected chi connectivity index (χ0v) is 22.8. The van der Waals surface area contributed by atoms with Crippen LogP contribution >= 0.6 is 23.8 Å². The van der Waals surface area contributed by atoms with Crippen LogP contribution in [0.4, 0.5) is 0 Å². The first-order valence-electron chi connectivity index (χ1n) is 13.5. The van der Waals surface area contributed by atoms with Gasteiger partial charge in [0.25, 0.3) is 0 Å². The summed E-state index contributed by atoms with van der Waals surface area (Å²) in [6.07, 6.45) is 7.80. The van der Waals surface area contributed by atoms with Crippen LogP contribution in [0.15, 0.2) is 60.7 Å². The summed E-state index contributed by atoms with van der Waals surface area (Å²) >= 11 is 14.2. The molecule has 1 heterocycles. The fourth-order valence-electron chi connectivity index (χ4n) is 8.61. The van der Waals surface area contributed by atoms with Crippen molar-refractivity contribution in [2.24, 2.45) is 28.4 Å². The van der Waals surface area contributed by atoms with Gasteiger partial charge in [0.15, 0.2) is 0 Å². The van der Waals surface area contributed by atoms with E-state index in [0.29, 0.717) is 11.8 Å². The second-order valence-corrected chi connectivity index (χ2v) is 14.1. The van der Waals surface area contributed by atoms with Crippen LogP contribution in [-0.2, 0) is 11.8 Å². The standard InChI is InChI=1S/C31H39ClN2S/c1-28(2)21-34(14-13-26(28)33)27(35)30-18-24-16-29(20-30,23-11-7-4-8-12-23)17-25(19-30)31(24,32)15-22-9-5-3-6-10-22/h3-12,24-26H,13-21,33H2,1-2H3/t24?,25?,26-,29?,30?,31?/m0/s1. The van der Waals surface area contributed by atoms with Gasteiger partial charge in [-0.05, 0) is 78.7 Å². The first kappa shape index (κ1) is 23.9. The third kappa shape index (κ3) is 3.80. The van der Waals surface area contributed by atoms with Crippen molar-refractivity contribution in [3.05, 3.63) is 71.8 Å². The van der Waals surface area contributed by atoms with Gasteiger partial charge in [-0.1, -0.05) is 86.7 Å². The van der Waals surface area contributed by atoms with E-state index < -0.39 is 0 Å². The fraction of sp³-hybridized carbons (Fsp3) is 0.581. The third-order valence-electron chi connectivity index (χ3n) is 10.3. The van der Waals surface area contributed by atoms with Gasteiger partial charge in [-0.3, -0.25) is 0 Å². The topological polar surface area (TPSA) is 29.3 Å². The molecule has 2 N–H and O–H groups in total. The lowest BCUT2D eigenvalue weighted by atomic mass is 9.39. The van der Waals surface area contributed by atoms with Gasteiger partial charge < -0.3 is 10.6 Å².